The third-order valence-electron chi connectivity index (χ3n) is 4.59. The van der Waals surface area contributed by atoms with Crippen LogP contribution in [-0.2, 0) is 12.0 Å². The van der Waals surface area contributed by atoms with E-state index >= 15 is 0 Å². The predicted octanol–water partition coefficient (Wildman–Crippen LogP) is 3.91. The highest BCUT2D eigenvalue weighted by molar-refractivity contribution is 14.0. The van der Waals surface area contributed by atoms with E-state index < -0.39 is 0 Å². The standard InChI is InChI=1S/C18H23FN4S.HI/c1-12-13(2)24-16(23-12)10-21-17(20-3)22-11-18(7-8-18)14-5-4-6-15(19)9-14;/h4-6,9H,7-8,10-11H2,1-3H3,(H2,20,21,22);1H. The van der Waals surface area contributed by atoms with E-state index in [2.05, 4.69) is 27.5 Å². The van der Waals surface area contributed by atoms with E-state index in [1.807, 2.05) is 13.0 Å². The molecule has 3 rings (SSSR count). The second-order valence-corrected chi connectivity index (χ2v) is 7.61. The molecule has 0 aliphatic heterocycles. The van der Waals surface area contributed by atoms with Crippen molar-refractivity contribution >= 4 is 41.3 Å². The van der Waals surface area contributed by atoms with Gasteiger partial charge < -0.3 is 10.6 Å². The second-order valence-electron chi connectivity index (χ2n) is 6.32. The van der Waals surface area contributed by atoms with Crippen LogP contribution < -0.4 is 10.6 Å². The fourth-order valence-electron chi connectivity index (χ4n) is 2.78. The molecule has 1 aliphatic rings. The summed E-state index contributed by atoms with van der Waals surface area (Å²) in [4.78, 5) is 10.0. The molecule has 0 saturated heterocycles. The van der Waals surface area contributed by atoms with E-state index in [9.17, 15) is 4.39 Å². The van der Waals surface area contributed by atoms with Gasteiger partial charge in [0.1, 0.15) is 10.8 Å². The van der Waals surface area contributed by atoms with Crippen molar-refractivity contribution in [2.75, 3.05) is 13.6 Å². The molecule has 1 aromatic carbocycles. The fraction of sp³-hybridized carbons (Fsp3) is 0.444. The fourth-order valence-corrected chi connectivity index (χ4v) is 3.66. The third kappa shape index (κ3) is 4.91. The van der Waals surface area contributed by atoms with Gasteiger partial charge in [0.15, 0.2) is 5.96 Å². The first-order valence-corrected chi connectivity index (χ1v) is 8.97. The highest BCUT2D eigenvalue weighted by Gasteiger charge is 2.44. The van der Waals surface area contributed by atoms with Gasteiger partial charge >= 0.3 is 0 Å². The number of guanidine groups is 1. The molecule has 0 amide bonds. The minimum atomic E-state index is -0.171. The summed E-state index contributed by atoms with van der Waals surface area (Å²) in [5.74, 6) is 0.582. The van der Waals surface area contributed by atoms with E-state index in [-0.39, 0.29) is 35.2 Å². The number of aromatic nitrogens is 1. The summed E-state index contributed by atoms with van der Waals surface area (Å²) in [5.41, 5.74) is 2.19. The number of hydrogen-bond donors (Lipinski definition) is 2. The number of aryl methyl sites for hydroxylation is 2. The van der Waals surface area contributed by atoms with Crippen molar-refractivity contribution in [2.24, 2.45) is 4.99 Å². The zero-order chi connectivity index (χ0) is 17.2. The third-order valence-corrected chi connectivity index (χ3v) is 5.66. The van der Waals surface area contributed by atoms with E-state index in [1.165, 1.54) is 10.9 Å². The Bertz CT molecular complexity index is 736. The Labute approximate surface area is 169 Å². The van der Waals surface area contributed by atoms with Gasteiger partial charge in [-0.25, -0.2) is 9.37 Å². The molecule has 1 heterocycles. The molecule has 7 heteroatoms. The zero-order valence-corrected chi connectivity index (χ0v) is 17.9. The van der Waals surface area contributed by atoms with Gasteiger partial charge in [-0.3, -0.25) is 4.99 Å². The minimum Gasteiger partial charge on any atom is -0.356 e. The number of halogens is 2. The highest BCUT2D eigenvalue weighted by Crippen LogP contribution is 2.47. The van der Waals surface area contributed by atoms with Gasteiger partial charge in [-0.2, -0.15) is 0 Å². The maximum Gasteiger partial charge on any atom is 0.191 e. The number of nitrogens with one attached hydrogen (secondary N) is 2. The molecule has 0 spiro atoms. The van der Waals surface area contributed by atoms with Crippen molar-refractivity contribution < 1.29 is 4.39 Å². The van der Waals surface area contributed by atoms with Crippen molar-refractivity contribution in [1.82, 2.24) is 15.6 Å². The van der Waals surface area contributed by atoms with Gasteiger partial charge in [0.05, 0.1) is 12.2 Å². The number of thiazole rings is 1. The van der Waals surface area contributed by atoms with Gasteiger partial charge in [0.2, 0.25) is 0 Å². The lowest BCUT2D eigenvalue weighted by Gasteiger charge is -2.19. The Morgan fingerprint density at radius 2 is 2.08 bits per heavy atom. The monoisotopic (exact) mass is 474 g/mol. The van der Waals surface area contributed by atoms with Crippen LogP contribution in [0.1, 0.15) is 34.0 Å². The Morgan fingerprint density at radius 3 is 2.64 bits per heavy atom. The SMILES string of the molecule is CN=C(NCc1nc(C)c(C)s1)NCC1(c2cccc(F)c2)CC1.I. The van der Waals surface area contributed by atoms with Crippen LogP contribution in [-0.4, -0.2) is 24.5 Å². The van der Waals surface area contributed by atoms with Crippen molar-refractivity contribution in [3.63, 3.8) is 0 Å². The second kappa shape index (κ2) is 8.44. The van der Waals surface area contributed by atoms with Crippen LogP contribution in [0.3, 0.4) is 0 Å². The topological polar surface area (TPSA) is 49.3 Å². The van der Waals surface area contributed by atoms with Crippen LogP contribution >= 0.6 is 35.3 Å². The van der Waals surface area contributed by atoms with Crippen LogP contribution in [0.25, 0.3) is 0 Å². The van der Waals surface area contributed by atoms with Gasteiger partial charge in [0.25, 0.3) is 0 Å². The Hall–Kier alpha value is -1.22. The summed E-state index contributed by atoms with van der Waals surface area (Å²) >= 11 is 1.70. The zero-order valence-electron chi connectivity index (χ0n) is 14.7. The first kappa shape index (κ1) is 20.1. The molecule has 2 N–H and O–H groups in total. The summed E-state index contributed by atoms with van der Waals surface area (Å²) in [7, 11) is 1.76. The number of hydrogen-bond acceptors (Lipinski definition) is 3. The number of rotatable bonds is 5. The average Bonchev–Trinajstić information content (AvgIpc) is 3.29. The van der Waals surface area contributed by atoms with E-state index in [1.54, 1.807) is 30.5 Å². The Kier molecular flexibility index (Phi) is 6.79. The van der Waals surface area contributed by atoms with Crippen LogP contribution in [0.2, 0.25) is 0 Å². The highest BCUT2D eigenvalue weighted by atomic mass is 127. The molecule has 1 saturated carbocycles. The smallest absolute Gasteiger partial charge is 0.191 e. The van der Waals surface area contributed by atoms with Crippen molar-refractivity contribution in [2.45, 2.75) is 38.6 Å². The van der Waals surface area contributed by atoms with Crippen molar-refractivity contribution in [3.05, 3.63) is 51.2 Å². The van der Waals surface area contributed by atoms with Crippen LogP contribution in [0.5, 0.6) is 0 Å². The van der Waals surface area contributed by atoms with Crippen molar-refractivity contribution in [1.29, 1.82) is 0 Å². The maximum atomic E-state index is 13.5. The van der Waals surface area contributed by atoms with Gasteiger partial charge in [-0.15, -0.1) is 35.3 Å². The molecule has 1 aliphatic carbocycles. The van der Waals surface area contributed by atoms with E-state index in [0.29, 0.717) is 6.54 Å². The number of nitrogens with zero attached hydrogens (tertiary/aromatic N) is 2. The average molecular weight is 474 g/mol. The summed E-state index contributed by atoms with van der Waals surface area (Å²) in [5, 5.41) is 7.73. The van der Waals surface area contributed by atoms with Crippen LogP contribution in [0, 0.1) is 19.7 Å². The summed E-state index contributed by atoms with van der Waals surface area (Å²) in [6.07, 6.45) is 2.15. The van der Waals surface area contributed by atoms with Crippen LogP contribution in [0.4, 0.5) is 4.39 Å². The van der Waals surface area contributed by atoms with E-state index in [4.69, 9.17) is 0 Å². The lowest BCUT2D eigenvalue weighted by atomic mass is 9.96. The molecule has 0 bridgehead atoms. The quantitative estimate of drug-likeness (QED) is 0.393. The van der Waals surface area contributed by atoms with E-state index in [0.717, 1.165) is 41.6 Å². The molecule has 2 aromatic rings. The molecule has 136 valence electrons. The molecular weight excluding hydrogens is 450 g/mol. The number of benzene rings is 1. The predicted molar refractivity (Wildman–Crippen MR) is 113 cm³/mol. The minimum absolute atomic E-state index is 0. The van der Waals surface area contributed by atoms with Crippen LogP contribution in [0.15, 0.2) is 29.3 Å². The first-order chi connectivity index (χ1) is 11.5. The molecule has 1 fully saturated rings. The van der Waals surface area contributed by atoms with Gasteiger partial charge in [-0.05, 0) is 44.4 Å². The normalized spacial score (nSPS) is 15.4. The lowest BCUT2D eigenvalue weighted by molar-refractivity contribution is 0.607. The summed E-state index contributed by atoms with van der Waals surface area (Å²) < 4.78 is 13.5. The number of aliphatic imine (C=N–C) groups is 1. The molecule has 4 nitrogen and oxygen atoms in total. The maximum absolute atomic E-state index is 13.5. The van der Waals surface area contributed by atoms with Gasteiger partial charge in [-0.1, -0.05) is 12.1 Å². The van der Waals surface area contributed by atoms with Gasteiger partial charge in [0, 0.05) is 23.9 Å². The summed E-state index contributed by atoms with van der Waals surface area (Å²) in [6.45, 7) is 5.52. The first-order valence-electron chi connectivity index (χ1n) is 8.16. The molecule has 0 atom stereocenters. The molecule has 0 unspecified atom stereocenters. The Morgan fingerprint density at radius 1 is 1.32 bits per heavy atom. The molecular formula is C18H24FIN4S. The molecule has 1 aromatic heterocycles. The van der Waals surface area contributed by atoms with Crippen molar-refractivity contribution in [3.8, 4) is 0 Å². The molecule has 25 heavy (non-hydrogen) atoms. The lowest BCUT2D eigenvalue weighted by Crippen LogP contribution is -2.40. The molecule has 0 radical (unpaired) electrons. The summed E-state index contributed by atoms with van der Waals surface area (Å²) in [6, 6.07) is 6.93. The Balaban J connectivity index is 0.00000225. The largest absolute Gasteiger partial charge is 0.356 e.